The second-order valence-corrected chi connectivity index (χ2v) is 6.49. The van der Waals surface area contributed by atoms with Gasteiger partial charge in [-0.2, -0.15) is 0 Å². The lowest BCUT2D eigenvalue weighted by molar-refractivity contribution is 0.365. The molecule has 0 unspecified atom stereocenters. The minimum Gasteiger partial charge on any atom is -0.481 e. The zero-order valence-electron chi connectivity index (χ0n) is 13.3. The molecule has 0 aliphatic rings. The number of benzene rings is 2. The Bertz CT molecular complexity index is 863. The van der Waals surface area contributed by atoms with Crippen LogP contribution < -0.4 is 10.1 Å². The van der Waals surface area contributed by atoms with Gasteiger partial charge in [0.1, 0.15) is 12.4 Å². The van der Waals surface area contributed by atoms with Crippen molar-refractivity contribution in [2.24, 2.45) is 0 Å². The number of H-pyrrole nitrogens is 1. The number of aromatic nitrogens is 1. The summed E-state index contributed by atoms with van der Waals surface area (Å²) in [5.41, 5.74) is 3.60. The maximum absolute atomic E-state index is 5.60. The maximum atomic E-state index is 5.60. The van der Waals surface area contributed by atoms with Gasteiger partial charge in [-0.25, -0.2) is 0 Å². The SMILES string of the molecule is C#CCOc1ccc(Br)cc1CNCCc1ccc2[nH]ccc2c1. The fourth-order valence-corrected chi connectivity index (χ4v) is 3.07. The fourth-order valence-electron chi connectivity index (χ4n) is 2.66. The molecule has 0 spiro atoms. The number of hydrogen-bond donors (Lipinski definition) is 2. The van der Waals surface area contributed by atoms with Gasteiger partial charge >= 0.3 is 0 Å². The predicted octanol–water partition coefficient (Wildman–Crippen LogP) is 4.27. The number of hydrogen-bond acceptors (Lipinski definition) is 2. The van der Waals surface area contributed by atoms with Crippen LogP contribution in [-0.2, 0) is 13.0 Å². The molecule has 3 rings (SSSR count). The van der Waals surface area contributed by atoms with E-state index in [9.17, 15) is 0 Å². The Balaban J connectivity index is 1.56. The van der Waals surface area contributed by atoms with Crippen LogP contribution in [0, 0.1) is 12.3 Å². The van der Waals surface area contributed by atoms with Gasteiger partial charge < -0.3 is 15.0 Å². The molecule has 3 nitrogen and oxygen atoms in total. The highest BCUT2D eigenvalue weighted by Crippen LogP contribution is 2.23. The lowest BCUT2D eigenvalue weighted by Gasteiger charge is -2.11. The summed E-state index contributed by atoms with van der Waals surface area (Å²) in [5.74, 6) is 3.33. The molecule has 2 N–H and O–H groups in total. The molecular formula is C20H19BrN2O. The van der Waals surface area contributed by atoms with Gasteiger partial charge in [-0.15, -0.1) is 6.42 Å². The number of terminal acetylenes is 1. The van der Waals surface area contributed by atoms with Gasteiger partial charge in [0.05, 0.1) is 0 Å². The van der Waals surface area contributed by atoms with Crippen LogP contribution in [-0.4, -0.2) is 18.1 Å². The number of halogens is 1. The van der Waals surface area contributed by atoms with Crippen molar-refractivity contribution in [1.29, 1.82) is 0 Å². The lowest BCUT2D eigenvalue weighted by Crippen LogP contribution is -2.17. The molecular weight excluding hydrogens is 364 g/mol. The van der Waals surface area contributed by atoms with Crippen molar-refractivity contribution >= 4 is 26.8 Å². The van der Waals surface area contributed by atoms with Crippen LogP contribution in [0.5, 0.6) is 5.75 Å². The minimum absolute atomic E-state index is 0.283. The summed E-state index contributed by atoms with van der Waals surface area (Å²) in [6.45, 7) is 1.92. The minimum atomic E-state index is 0.283. The van der Waals surface area contributed by atoms with Crippen LogP contribution in [0.3, 0.4) is 0 Å². The van der Waals surface area contributed by atoms with Crippen molar-refractivity contribution < 1.29 is 4.74 Å². The van der Waals surface area contributed by atoms with Gasteiger partial charge in [-0.1, -0.05) is 27.9 Å². The Hall–Kier alpha value is -2.22. The summed E-state index contributed by atoms with van der Waals surface area (Å²) in [7, 11) is 0. The van der Waals surface area contributed by atoms with E-state index >= 15 is 0 Å². The summed E-state index contributed by atoms with van der Waals surface area (Å²) in [6.07, 6.45) is 8.22. The normalized spacial score (nSPS) is 10.7. The molecule has 3 aromatic rings. The molecule has 0 aliphatic heterocycles. The van der Waals surface area contributed by atoms with Crippen molar-refractivity contribution in [3.05, 3.63) is 64.3 Å². The summed E-state index contributed by atoms with van der Waals surface area (Å²) < 4.78 is 6.63. The molecule has 24 heavy (non-hydrogen) atoms. The highest BCUT2D eigenvalue weighted by molar-refractivity contribution is 9.10. The van der Waals surface area contributed by atoms with E-state index < -0.39 is 0 Å². The molecule has 2 aromatic carbocycles. The lowest BCUT2D eigenvalue weighted by atomic mass is 10.1. The van der Waals surface area contributed by atoms with Crippen molar-refractivity contribution in [2.45, 2.75) is 13.0 Å². The molecule has 1 aromatic heterocycles. The molecule has 0 amide bonds. The molecule has 0 atom stereocenters. The van der Waals surface area contributed by atoms with Crippen molar-refractivity contribution in [3.8, 4) is 18.1 Å². The summed E-state index contributed by atoms with van der Waals surface area (Å²) >= 11 is 3.50. The molecule has 122 valence electrons. The quantitative estimate of drug-likeness (QED) is 0.472. The van der Waals surface area contributed by atoms with E-state index in [0.717, 1.165) is 35.3 Å². The molecule has 4 heteroatoms. The average Bonchev–Trinajstić information content (AvgIpc) is 3.05. The van der Waals surface area contributed by atoms with E-state index in [2.05, 4.69) is 62.5 Å². The van der Waals surface area contributed by atoms with Crippen LogP contribution in [0.15, 0.2) is 53.1 Å². The van der Waals surface area contributed by atoms with E-state index in [1.807, 2.05) is 18.3 Å². The van der Waals surface area contributed by atoms with E-state index in [-0.39, 0.29) is 6.61 Å². The van der Waals surface area contributed by atoms with Gasteiger partial charge in [-0.3, -0.25) is 0 Å². The Morgan fingerprint density at radius 2 is 2.08 bits per heavy atom. The summed E-state index contributed by atoms with van der Waals surface area (Å²) in [5, 5.41) is 4.73. The molecule has 0 aliphatic carbocycles. The molecule has 0 bridgehead atoms. The zero-order chi connectivity index (χ0) is 16.8. The third kappa shape index (κ3) is 4.19. The van der Waals surface area contributed by atoms with Crippen molar-refractivity contribution in [3.63, 3.8) is 0 Å². The van der Waals surface area contributed by atoms with Gasteiger partial charge in [0.25, 0.3) is 0 Å². The number of aromatic amines is 1. The van der Waals surface area contributed by atoms with E-state index in [4.69, 9.17) is 11.2 Å². The van der Waals surface area contributed by atoms with E-state index in [1.54, 1.807) is 0 Å². The summed E-state index contributed by atoms with van der Waals surface area (Å²) in [6, 6.07) is 14.6. The van der Waals surface area contributed by atoms with Crippen LogP contribution in [0.25, 0.3) is 10.9 Å². The van der Waals surface area contributed by atoms with Gasteiger partial charge in [0, 0.05) is 28.3 Å². The smallest absolute Gasteiger partial charge is 0.148 e. The molecule has 0 saturated carbocycles. The van der Waals surface area contributed by atoms with Crippen LogP contribution in [0.1, 0.15) is 11.1 Å². The van der Waals surface area contributed by atoms with Crippen LogP contribution >= 0.6 is 15.9 Å². The Labute approximate surface area is 150 Å². The Kier molecular flexibility index (Phi) is 5.58. The second kappa shape index (κ2) is 8.05. The summed E-state index contributed by atoms with van der Waals surface area (Å²) in [4.78, 5) is 3.22. The van der Waals surface area contributed by atoms with Gasteiger partial charge in [0.15, 0.2) is 0 Å². The monoisotopic (exact) mass is 382 g/mol. The highest BCUT2D eigenvalue weighted by Gasteiger charge is 2.04. The van der Waals surface area contributed by atoms with Crippen LogP contribution in [0.4, 0.5) is 0 Å². The molecule has 0 saturated heterocycles. The van der Waals surface area contributed by atoms with E-state index in [1.165, 1.54) is 16.5 Å². The third-order valence-electron chi connectivity index (χ3n) is 3.86. The van der Waals surface area contributed by atoms with Crippen molar-refractivity contribution in [2.75, 3.05) is 13.2 Å². The number of nitrogens with one attached hydrogen (secondary N) is 2. The van der Waals surface area contributed by atoms with Gasteiger partial charge in [-0.05, 0) is 60.3 Å². The number of ether oxygens (including phenoxy) is 1. The maximum Gasteiger partial charge on any atom is 0.148 e. The fraction of sp³-hybridized carbons (Fsp3) is 0.200. The van der Waals surface area contributed by atoms with Crippen molar-refractivity contribution in [1.82, 2.24) is 10.3 Å². The predicted molar refractivity (Wildman–Crippen MR) is 102 cm³/mol. The number of fused-ring (bicyclic) bond motifs is 1. The topological polar surface area (TPSA) is 37.0 Å². The Morgan fingerprint density at radius 3 is 2.96 bits per heavy atom. The standard InChI is InChI=1S/C20H19BrN2O/c1-2-11-24-20-6-4-18(21)13-17(20)14-22-9-7-15-3-5-19-16(12-15)8-10-23-19/h1,3-6,8,10,12-13,22-23H,7,9,11,14H2. The second-order valence-electron chi connectivity index (χ2n) is 5.57. The number of rotatable bonds is 7. The van der Waals surface area contributed by atoms with Gasteiger partial charge in [0.2, 0.25) is 0 Å². The van der Waals surface area contributed by atoms with E-state index in [0.29, 0.717) is 0 Å². The zero-order valence-corrected chi connectivity index (χ0v) is 14.9. The first-order valence-corrected chi connectivity index (χ1v) is 8.67. The first-order chi connectivity index (χ1) is 11.8. The average molecular weight is 383 g/mol. The first kappa shape index (κ1) is 16.6. The molecule has 0 radical (unpaired) electrons. The first-order valence-electron chi connectivity index (χ1n) is 7.87. The largest absolute Gasteiger partial charge is 0.481 e. The third-order valence-corrected chi connectivity index (χ3v) is 4.35. The molecule has 1 heterocycles. The molecule has 0 fully saturated rings. The highest BCUT2D eigenvalue weighted by atomic mass is 79.9. The Morgan fingerprint density at radius 1 is 1.17 bits per heavy atom. The van der Waals surface area contributed by atoms with Crippen LogP contribution in [0.2, 0.25) is 0 Å².